The molecule has 0 aliphatic carbocycles. The fourth-order valence-corrected chi connectivity index (χ4v) is 1.47. The van der Waals surface area contributed by atoms with Crippen molar-refractivity contribution in [2.75, 3.05) is 7.11 Å². The highest BCUT2D eigenvalue weighted by Gasteiger charge is 2.41. The Labute approximate surface area is 108 Å². The molecule has 0 radical (unpaired) electrons. The SMILES string of the molecule is COC(=O)c1cc(C(F)(F)F)cc(C#N)c1C(F)(F)F. The van der Waals surface area contributed by atoms with Gasteiger partial charge in [0.05, 0.1) is 35.4 Å². The molecule has 0 saturated heterocycles. The summed E-state index contributed by atoms with van der Waals surface area (Å²) in [6.07, 6.45) is -10.2. The standard InChI is InChI=1S/C11H5F6NO2/c1-20-9(19)7-3-6(10(12,13)14)2-5(4-18)8(7)11(15,16)17/h2-3H,1H3. The average Bonchev–Trinajstić information content (AvgIpc) is 2.33. The highest BCUT2D eigenvalue weighted by Crippen LogP contribution is 2.39. The van der Waals surface area contributed by atoms with Crippen molar-refractivity contribution in [2.45, 2.75) is 12.4 Å². The molecule has 0 N–H and O–H groups in total. The third-order valence-electron chi connectivity index (χ3n) is 2.27. The highest BCUT2D eigenvalue weighted by atomic mass is 19.4. The van der Waals surface area contributed by atoms with Crippen LogP contribution in [0.15, 0.2) is 12.1 Å². The third-order valence-corrected chi connectivity index (χ3v) is 2.27. The monoisotopic (exact) mass is 297 g/mol. The van der Waals surface area contributed by atoms with Crippen LogP contribution in [0, 0.1) is 11.3 Å². The van der Waals surface area contributed by atoms with E-state index in [1.165, 1.54) is 0 Å². The topological polar surface area (TPSA) is 50.1 Å². The molecule has 1 aromatic rings. The first-order valence-corrected chi connectivity index (χ1v) is 4.83. The summed E-state index contributed by atoms with van der Waals surface area (Å²) in [7, 11) is 0.717. The maximum Gasteiger partial charge on any atom is 0.418 e. The first-order chi connectivity index (χ1) is 9.02. The van der Waals surface area contributed by atoms with Gasteiger partial charge in [-0.15, -0.1) is 0 Å². The lowest BCUT2D eigenvalue weighted by atomic mass is 9.97. The second-order valence-corrected chi connectivity index (χ2v) is 3.55. The number of hydrogen-bond acceptors (Lipinski definition) is 3. The van der Waals surface area contributed by atoms with Crippen LogP contribution in [-0.2, 0) is 17.1 Å². The van der Waals surface area contributed by atoms with E-state index in [9.17, 15) is 31.1 Å². The summed E-state index contributed by atoms with van der Waals surface area (Å²) in [6.45, 7) is 0. The fraction of sp³-hybridized carbons (Fsp3) is 0.273. The molecule has 0 unspecified atom stereocenters. The smallest absolute Gasteiger partial charge is 0.418 e. The van der Waals surface area contributed by atoms with Crippen LogP contribution < -0.4 is 0 Å². The molecule has 1 aromatic carbocycles. The Balaban J connectivity index is 3.76. The summed E-state index contributed by atoms with van der Waals surface area (Å²) < 4.78 is 80.0. The van der Waals surface area contributed by atoms with Gasteiger partial charge in [-0.25, -0.2) is 4.79 Å². The molecule has 0 fully saturated rings. The quantitative estimate of drug-likeness (QED) is 0.590. The van der Waals surface area contributed by atoms with Crippen molar-refractivity contribution < 1.29 is 35.9 Å². The lowest BCUT2D eigenvalue weighted by molar-refractivity contribution is -0.141. The van der Waals surface area contributed by atoms with Crippen LogP contribution >= 0.6 is 0 Å². The number of benzene rings is 1. The molecule has 0 aliphatic rings. The van der Waals surface area contributed by atoms with E-state index in [1.54, 1.807) is 0 Å². The summed E-state index contributed by atoms with van der Waals surface area (Å²) in [4.78, 5) is 11.2. The molecule has 108 valence electrons. The minimum atomic E-state index is -5.17. The molecule has 0 heterocycles. The molecule has 9 heteroatoms. The lowest BCUT2D eigenvalue weighted by Gasteiger charge is -2.16. The Hall–Kier alpha value is -2.24. The van der Waals surface area contributed by atoms with E-state index >= 15 is 0 Å². The van der Waals surface area contributed by atoms with Gasteiger partial charge < -0.3 is 4.74 Å². The minimum Gasteiger partial charge on any atom is -0.465 e. The van der Waals surface area contributed by atoms with Gasteiger partial charge in [0, 0.05) is 0 Å². The molecule has 0 spiro atoms. The minimum absolute atomic E-state index is 0.00942. The normalized spacial score (nSPS) is 11.9. The van der Waals surface area contributed by atoms with Crippen LogP contribution in [0.3, 0.4) is 0 Å². The summed E-state index contributed by atoms with van der Waals surface area (Å²) in [5.74, 6) is -1.61. The van der Waals surface area contributed by atoms with Crippen molar-refractivity contribution in [1.29, 1.82) is 5.26 Å². The van der Waals surface area contributed by atoms with Crippen LogP contribution in [-0.4, -0.2) is 13.1 Å². The average molecular weight is 297 g/mol. The number of hydrogen-bond donors (Lipinski definition) is 0. The number of methoxy groups -OCH3 is 1. The Morgan fingerprint density at radius 3 is 2.05 bits per heavy atom. The zero-order chi connectivity index (χ0) is 15.7. The van der Waals surface area contributed by atoms with Gasteiger partial charge in [0.1, 0.15) is 0 Å². The van der Waals surface area contributed by atoms with Crippen LogP contribution in [0.1, 0.15) is 27.0 Å². The summed E-state index contributed by atoms with van der Waals surface area (Å²) in [5.41, 5.74) is -5.94. The van der Waals surface area contributed by atoms with Crippen LogP contribution in [0.5, 0.6) is 0 Å². The number of carbonyl (C=O) groups is 1. The highest BCUT2D eigenvalue weighted by molar-refractivity contribution is 5.92. The molecule has 20 heavy (non-hydrogen) atoms. The van der Waals surface area contributed by atoms with Crippen molar-refractivity contribution in [3.05, 3.63) is 34.4 Å². The van der Waals surface area contributed by atoms with Crippen LogP contribution in [0.2, 0.25) is 0 Å². The maximum absolute atomic E-state index is 12.8. The molecular weight excluding hydrogens is 292 g/mol. The number of halogens is 6. The molecule has 0 amide bonds. The maximum atomic E-state index is 12.8. The van der Waals surface area contributed by atoms with Crippen molar-refractivity contribution in [2.24, 2.45) is 0 Å². The van der Waals surface area contributed by atoms with Gasteiger partial charge in [-0.1, -0.05) is 0 Å². The van der Waals surface area contributed by atoms with E-state index in [1.807, 2.05) is 0 Å². The molecule has 0 aliphatic heterocycles. The van der Waals surface area contributed by atoms with Gasteiger partial charge in [0.25, 0.3) is 0 Å². The molecule has 3 nitrogen and oxygen atoms in total. The van der Waals surface area contributed by atoms with Crippen LogP contribution in [0.25, 0.3) is 0 Å². The number of rotatable bonds is 1. The van der Waals surface area contributed by atoms with Gasteiger partial charge in [-0.2, -0.15) is 31.6 Å². The van der Waals surface area contributed by atoms with E-state index < -0.39 is 40.6 Å². The van der Waals surface area contributed by atoms with Crippen LogP contribution in [0.4, 0.5) is 26.3 Å². The second kappa shape index (κ2) is 5.03. The van der Waals surface area contributed by atoms with Crippen molar-refractivity contribution in [3.63, 3.8) is 0 Å². The number of carbonyl (C=O) groups excluding carboxylic acids is 1. The Bertz CT molecular complexity index is 582. The van der Waals surface area contributed by atoms with E-state index in [0.29, 0.717) is 0 Å². The fourth-order valence-electron chi connectivity index (χ4n) is 1.47. The van der Waals surface area contributed by atoms with E-state index in [4.69, 9.17) is 5.26 Å². The summed E-state index contributed by atoms with van der Waals surface area (Å²) >= 11 is 0. The molecule has 1 rings (SSSR count). The predicted octanol–water partition coefficient (Wildman–Crippen LogP) is 3.38. The second-order valence-electron chi connectivity index (χ2n) is 3.55. The molecule has 0 aromatic heterocycles. The Morgan fingerprint density at radius 1 is 1.15 bits per heavy atom. The van der Waals surface area contributed by atoms with Gasteiger partial charge >= 0.3 is 18.3 Å². The lowest BCUT2D eigenvalue weighted by Crippen LogP contribution is -2.19. The summed E-state index contributed by atoms with van der Waals surface area (Å²) in [6, 6.07) is 1.05. The Morgan fingerprint density at radius 2 is 1.70 bits per heavy atom. The Kier molecular flexibility index (Phi) is 3.98. The first kappa shape index (κ1) is 15.8. The zero-order valence-electron chi connectivity index (χ0n) is 9.69. The van der Waals surface area contributed by atoms with Crippen molar-refractivity contribution in [3.8, 4) is 6.07 Å². The van der Waals surface area contributed by atoms with E-state index in [-0.39, 0.29) is 12.1 Å². The molecule has 0 saturated carbocycles. The van der Waals surface area contributed by atoms with E-state index in [2.05, 4.69) is 4.74 Å². The van der Waals surface area contributed by atoms with Gasteiger partial charge in [-0.3, -0.25) is 0 Å². The molecule has 0 atom stereocenters. The zero-order valence-corrected chi connectivity index (χ0v) is 9.69. The molecule has 0 bridgehead atoms. The third kappa shape index (κ3) is 3.01. The number of esters is 1. The largest absolute Gasteiger partial charge is 0.465 e. The van der Waals surface area contributed by atoms with Crippen molar-refractivity contribution >= 4 is 5.97 Å². The number of ether oxygens (including phenoxy) is 1. The number of alkyl halides is 6. The predicted molar refractivity (Wildman–Crippen MR) is 52.5 cm³/mol. The van der Waals surface area contributed by atoms with Crippen molar-refractivity contribution in [1.82, 2.24) is 0 Å². The first-order valence-electron chi connectivity index (χ1n) is 4.83. The molecular formula is C11H5F6NO2. The number of nitrogens with zero attached hydrogens (tertiary/aromatic N) is 1. The van der Waals surface area contributed by atoms with Gasteiger partial charge in [0.2, 0.25) is 0 Å². The summed E-state index contributed by atoms with van der Waals surface area (Å²) in [5, 5.41) is 8.58. The van der Waals surface area contributed by atoms with Gasteiger partial charge in [-0.05, 0) is 12.1 Å². The number of nitriles is 1. The van der Waals surface area contributed by atoms with E-state index in [0.717, 1.165) is 13.2 Å². The van der Waals surface area contributed by atoms with Gasteiger partial charge in [0.15, 0.2) is 0 Å².